The SMILES string of the molecule is CCN(c1ccc(C(=O)NC(C)C)cc1)S(C)(=O)=O. The standard InChI is InChI=1S/C13H20N2O3S/c1-5-15(19(4,17)18)12-8-6-11(7-9-12)13(16)14-10(2)3/h6-10H,5H2,1-4H3,(H,14,16). The monoisotopic (exact) mass is 284 g/mol. The maximum Gasteiger partial charge on any atom is 0.251 e. The molecule has 0 saturated carbocycles. The molecule has 0 aliphatic rings. The van der Waals surface area contributed by atoms with Gasteiger partial charge in [0.15, 0.2) is 0 Å². The Labute approximate surface area is 114 Å². The molecule has 0 fully saturated rings. The van der Waals surface area contributed by atoms with Gasteiger partial charge in [-0.25, -0.2) is 8.42 Å². The number of rotatable bonds is 5. The molecule has 0 aromatic heterocycles. The molecule has 0 aliphatic heterocycles. The van der Waals surface area contributed by atoms with Crippen molar-refractivity contribution in [2.24, 2.45) is 0 Å². The number of hydrogen-bond acceptors (Lipinski definition) is 3. The molecule has 0 aliphatic carbocycles. The number of nitrogens with zero attached hydrogens (tertiary/aromatic N) is 1. The molecule has 1 N–H and O–H groups in total. The number of hydrogen-bond donors (Lipinski definition) is 1. The molecule has 0 heterocycles. The van der Waals surface area contributed by atoms with Crippen LogP contribution in [0.4, 0.5) is 5.69 Å². The maximum atomic E-state index is 11.8. The van der Waals surface area contributed by atoms with Gasteiger partial charge in [-0.2, -0.15) is 0 Å². The summed E-state index contributed by atoms with van der Waals surface area (Å²) in [5.41, 5.74) is 1.08. The van der Waals surface area contributed by atoms with E-state index < -0.39 is 10.0 Å². The first-order valence-electron chi connectivity index (χ1n) is 6.14. The lowest BCUT2D eigenvalue weighted by molar-refractivity contribution is 0.0943. The van der Waals surface area contributed by atoms with E-state index in [1.165, 1.54) is 4.31 Å². The molecular weight excluding hydrogens is 264 g/mol. The number of amides is 1. The predicted molar refractivity (Wildman–Crippen MR) is 76.9 cm³/mol. The van der Waals surface area contributed by atoms with Crippen molar-refractivity contribution < 1.29 is 13.2 Å². The van der Waals surface area contributed by atoms with Gasteiger partial charge in [0, 0.05) is 18.2 Å². The lowest BCUT2D eigenvalue weighted by Crippen LogP contribution is -2.31. The van der Waals surface area contributed by atoms with Crippen molar-refractivity contribution in [3.05, 3.63) is 29.8 Å². The van der Waals surface area contributed by atoms with E-state index in [2.05, 4.69) is 5.32 Å². The largest absolute Gasteiger partial charge is 0.350 e. The Morgan fingerprint density at radius 3 is 2.16 bits per heavy atom. The molecule has 0 radical (unpaired) electrons. The smallest absolute Gasteiger partial charge is 0.251 e. The van der Waals surface area contributed by atoms with Crippen molar-refractivity contribution in [3.63, 3.8) is 0 Å². The highest BCUT2D eigenvalue weighted by Crippen LogP contribution is 2.17. The minimum Gasteiger partial charge on any atom is -0.350 e. The number of sulfonamides is 1. The van der Waals surface area contributed by atoms with Gasteiger partial charge >= 0.3 is 0 Å². The molecule has 6 heteroatoms. The highest BCUT2D eigenvalue weighted by atomic mass is 32.2. The van der Waals surface area contributed by atoms with Gasteiger partial charge in [0.25, 0.3) is 5.91 Å². The molecule has 0 bridgehead atoms. The minimum absolute atomic E-state index is 0.0651. The van der Waals surface area contributed by atoms with E-state index in [0.29, 0.717) is 17.8 Å². The van der Waals surface area contributed by atoms with Crippen LogP contribution in [-0.4, -0.2) is 33.2 Å². The van der Waals surface area contributed by atoms with Crippen LogP contribution < -0.4 is 9.62 Å². The Hall–Kier alpha value is -1.56. The minimum atomic E-state index is -3.29. The van der Waals surface area contributed by atoms with Crippen molar-refractivity contribution in [2.45, 2.75) is 26.8 Å². The zero-order valence-corrected chi connectivity index (χ0v) is 12.5. The summed E-state index contributed by atoms with van der Waals surface area (Å²) >= 11 is 0. The second kappa shape index (κ2) is 6.06. The Morgan fingerprint density at radius 2 is 1.79 bits per heavy atom. The van der Waals surface area contributed by atoms with E-state index in [4.69, 9.17) is 0 Å². The summed E-state index contributed by atoms with van der Waals surface area (Å²) in [5.74, 6) is -0.163. The predicted octanol–water partition coefficient (Wildman–Crippen LogP) is 1.61. The summed E-state index contributed by atoms with van der Waals surface area (Å²) in [6.45, 7) is 5.89. The Balaban J connectivity index is 2.96. The van der Waals surface area contributed by atoms with Crippen molar-refractivity contribution >= 4 is 21.6 Å². The van der Waals surface area contributed by atoms with Crippen molar-refractivity contribution in [3.8, 4) is 0 Å². The van der Waals surface area contributed by atoms with Gasteiger partial charge in [0.2, 0.25) is 10.0 Å². The Kier molecular flexibility index (Phi) is 4.94. The molecule has 1 aromatic carbocycles. The van der Waals surface area contributed by atoms with Crippen LogP contribution in [0.25, 0.3) is 0 Å². The second-order valence-corrected chi connectivity index (χ2v) is 6.51. The molecular formula is C13H20N2O3S. The summed E-state index contributed by atoms with van der Waals surface area (Å²) in [6, 6.07) is 6.59. The molecule has 0 spiro atoms. The fourth-order valence-electron chi connectivity index (χ4n) is 1.73. The fourth-order valence-corrected chi connectivity index (χ4v) is 2.71. The van der Waals surface area contributed by atoms with Gasteiger partial charge in [-0.1, -0.05) is 0 Å². The van der Waals surface area contributed by atoms with Gasteiger partial charge in [0.1, 0.15) is 0 Å². The third kappa shape index (κ3) is 4.24. The topological polar surface area (TPSA) is 66.5 Å². The highest BCUT2D eigenvalue weighted by molar-refractivity contribution is 7.92. The average Bonchev–Trinajstić information content (AvgIpc) is 2.28. The third-order valence-corrected chi connectivity index (χ3v) is 3.79. The quantitative estimate of drug-likeness (QED) is 0.893. The number of carbonyl (C=O) groups is 1. The normalized spacial score (nSPS) is 11.4. The summed E-state index contributed by atoms with van der Waals surface area (Å²) in [7, 11) is -3.29. The van der Waals surface area contributed by atoms with Gasteiger partial charge in [-0.15, -0.1) is 0 Å². The lowest BCUT2D eigenvalue weighted by atomic mass is 10.2. The van der Waals surface area contributed by atoms with E-state index in [-0.39, 0.29) is 11.9 Å². The number of carbonyl (C=O) groups excluding carboxylic acids is 1. The van der Waals surface area contributed by atoms with Crippen LogP contribution in [-0.2, 0) is 10.0 Å². The summed E-state index contributed by atoms with van der Waals surface area (Å²) in [5, 5.41) is 2.78. The van der Waals surface area contributed by atoms with E-state index in [1.807, 2.05) is 13.8 Å². The second-order valence-electron chi connectivity index (χ2n) is 4.60. The first-order valence-corrected chi connectivity index (χ1v) is 7.99. The summed E-state index contributed by atoms with van der Waals surface area (Å²) in [6.07, 6.45) is 1.16. The Morgan fingerprint density at radius 1 is 1.26 bits per heavy atom. The van der Waals surface area contributed by atoms with Gasteiger partial charge in [-0.05, 0) is 45.0 Å². The number of anilines is 1. The van der Waals surface area contributed by atoms with Gasteiger partial charge in [-0.3, -0.25) is 9.10 Å². The number of benzene rings is 1. The van der Waals surface area contributed by atoms with E-state index in [0.717, 1.165) is 6.26 Å². The number of nitrogens with one attached hydrogen (secondary N) is 1. The molecule has 1 amide bonds. The van der Waals surface area contributed by atoms with Crippen LogP contribution in [0.15, 0.2) is 24.3 Å². The van der Waals surface area contributed by atoms with E-state index in [9.17, 15) is 13.2 Å². The van der Waals surface area contributed by atoms with E-state index in [1.54, 1.807) is 31.2 Å². The van der Waals surface area contributed by atoms with Gasteiger partial charge < -0.3 is 5.32 Å². The fraction of sp³-hybridized carbons (Fsp3) is 0.462. The van der Waals surface area contributed by atoms with Crippen LogP contribution >= 0.6 is 0 Å². The molecule has 19 heavy (non-hydrogen) atoms. The third-order valence-electron chi connectivity index (χ3n) is 2.52. The van der Waals surface area contributed by atoms with Crippen LogP contribution in [0.2, 0.25) is 0 Å². The lowest BCUT2D eigenvalue weighted by Gasteiger charge is -2.20. The van der Waals surface area contributed by atoms with Gasteiger partial charge in [0.05, 0.1) is 11.9 Å². The molecule has 0 atom stereocenters. The molecule has 0 unspecified atom stereocenters. The molecule has 1 rings (SSSR count). The zero-order valence-electron chi connectivity index (χ0n) is 11.7. The molecule has 0 saturated heterocycles. The summed E-state index contributed by atoms with van der Waals surface area (Å²) in [4.78, 5) is 11.8. The average molecular weight is 284 g/mol. The van der Waals surface area contributed by atoms with Crippen LogP contribution in [0.1, 0.15) is 31.1 Å². The van der Waals surface area contributed by atoms with Crippen LogP contribution in [0.3, 0.4) is 0 Å². The maximum absolute atomic E-state index is 11.8. The molecule has 106 valence electrons. The Bertz CT molecular complexity index is 536. The zero-order chi connectivity index (χ0) is 14.6. The molecule has 1 aromatic rings. The van der Waals surface area contributed by atoms with Crippen molar-refractivity contribution in [1.82, 2.24) is 5.32 Å². The van der Waals surface area contributed by atoms with Crippen molar-refractivity contribution in [2.75, 3.05) is 17.1 Å². The van der Waals surface area contributed by atoms with Crippen molar-refractivity contribution in [1.29, 1.82) is 0 Å². The first kappa shape index (κ1) is 15.5. The van der Waals surface area contributed by atoms with E-state index >= 15 is 0 Å². The first-order chi connectivity index (χ1) is 8.75. The highest BCUT2D eigenvalue weighted by Gasteiger charge is 2.15. The molecule has 5 nitrogen and oxygen atoms in total. The summed E-state index contributed by atoms with van der Waals surface area (Å²) < 4.78 is 24.4. The van der Waals surface area contributed by atoms with Crippen LogP contribution in [0, 0.1) is 0 Å². The van der Waals surface area contributed by atoms with Crippen LogP contribution in [0.5, 0.6) is 0 Å².